The molecule has 0 saturated heterocycles. The smallest absolute Gasteiger partial charge is 0.0825 e. The average Bonchev–Trinajstić information content (AvgIpc) is 2.11. The van der Waals surface area contributed by atoms with Crippen molar-refractivity contribution in [2.75, 3.05) is 6.61 Å². The zero-order valence-electron chi connectivity index (χ0n) is 7.67. The van der Waals surface area contributed by atoms with E-state index in [1.807, 2.05) is 24.3 Å². The number of benzene rings is 1. The van der Waals surface area contributed by atoms with Crippen LogP contribution in [0.25, 0.3) is 6.08 Å². The first-order valence-electron chi connectivity index (χ1n) is 4.43. The Hall–Kier alpha value is -0.500. The van der Waals surface area contributed by atoms with E-state index in [0.29, 0.717) is 16.5 Å². The molecule has 0 spiro atoms. The second-order valence-electron chi connectivity index (χ2n) is 2.95. The first kappa shape index (κ1) is 11.6. The van der Waals surface area contributed by atoms with E-state index in [9.17, 15) is 5.11 Å². The molecular formula is C11H11Cl2O. The summed E-state index contributed by atoms with van der Waals surface area (Å²) in [6, 6.07) is 5.36. The standard InChI is InChI=1S/C11H11Cl2O/c12-10-6-9(7-11(13)8-10)4-2-1-3-5-14/h2,4,6-8H,1,3,5H2. The Morgan fingerprint density at radius 2 is 1.79 bits per heavy atom. The monoisotopic (exact) mass is 229 g/mol. The molecule has 1 rings (SSSR count). The van der Waals surface area contributed by atoms with Crippen LogP contribution in [0.3, 0.4) is 0 Å². The Kier molecular flexibility index (Phi) is 5.02. The van der Waals surface area contributed by atoms with Gasteiger partial charge in [0.05, 0.1) is 6.61 Å². The van der Waals surface area contributed by atoms with Gasteiger partial charge in [-0.1, -0.05) is 35.4 Å². The van der Waals surface area contributed by atoms with Crippen LogP contribution in [0.2, 0.25) is 10.0 Å². The Balaban J connectivity index is 2.62. The Morgan fingerprint density at radius 3 is 2.36 bits per heavy atom. The van der Waals surface area contributed by atoms with Gasteiger partial charge in [0.25, 0.3) is 0 Å². The molecule has 1 aromatic carbocycles. The van der Waals surface area contributed by atoms with Crippen LogP contribution >= 0.6 is 23.2 Å². The molecular weight excluding hydrogens is 219 g/mol. The average molecular weight is 230 g/mol. The zero-order chi connectivity index (χ0) is 10.4. The zero-order valence-corrected chi connectivity index (χ0v) is 9.18. The van der Waals surface area contributed by atoms with Gasteiger partial charge in [0.1, 0.15) is 0 Å². The van der Waals surface area contributed by atoms with Crippen LogP contribution < -0.4 is 0 Å². The van der Waals surface area contributed by atoms with Crippen molar-refractivity contribution >= 4 is 29.3 Å². The van der Waals surface area contributed by atoms with Gasteiger partial charge in [0, 0.05) is 10.0 Å². The molecule has 14 heavy (non-hydrogen) atoms. The molecule has 0 N–H and O–H groups in total. The third kappa shape index (κ3) is 4.14. The van der Waals surface area contributed by atoms with E-state index >= 15 is 0 Å². The molecule has 0 fully saturated rings. The van der Waals surface area contributed by atoms with Crippen molar-refractivity contribution in [2.45, 2.75) is 12.8 Å². The van der Waals surface area contributed by atoms with E-state index in [0.717, 1.165) is 12.0 Å². The van der Waals surface area contributed by atoms with Gasteiger partial charge >= 0.3 is 0 Å². The maximum absolute atomic E-state index is 10.2. The summed E-state index contributed by atoms with van der Waals surface area (Å²) in [5.74, 6) is 0. The Labute approximate surface area is 94.0 Å². The Bertz CT molecular complexity index is 301. The van der Waals surface area contributed by atoms with Gasteiger partial charge in [0.15, 0.2) is 0 Å². The minimum Gasteiger partial charge on any atom is -0.237 e. The van der Waals surface area contributed by atoms with Crippen molar-refractivity contribution in [1.82, 2.24) is 0 Å². The largest absolute Gasteiger partial charge is 0.237 e. The van der Waals surface area contributed by atoms with Crippen LogP contribution in [0.5, 0.6) is 0 Å². The predicted molar refractivity (Wildman–Crippen MR) is 60.3 cm³/mol. The van der Waals surface area contributed by atoms with Gasteiger partial charge in [-0.2, -0.15) is 0 Å². The fourth-order valence-corrected chi connectivity index (χ4v) is 1.63. The highest BCUT2D eigenvalue weighted by atomic mass is 35.5. The molecule has 0 atom stereocenters. The van der Waals surface area contributed by atoms with Gasteiger partial charge in [0.2, 0.25) is 0 Å². The highest BCUT2D eigenvalue weighted by Crippen LogP contribution is 2.19. The van der Waals surface area contributed by atoms with Gasteiger partial charge < -0.3 is 0 Å². The van der Waals surface area contributed by atoms with Crippen molar-refractivity contribution in [3.05, 3.63) is 39.9 Å². The molecule has 1 aromatic rings. The summed E-state index contributed by atoms with van der Waals surface area (Å²) in [7, 11) is 0. The van der Waals surface area contributed by atoms with Crippen molar-refractivity contribution in [3.63, 3.8) is 0 Å². The third-order valence-corrected chi connectivity index (χ3v) is 2.15. The second kappa shape index (κ2) is 6.07. The number of rotatable bonds is 4. The van der Waals surface area contributed by atoms with E-state index in [-0.39, 0.29) is 6.61 Å². The van der Waals surface area contributed by atoms with Crippen LogP contribution in [-0.2, 0) is 5.11 Å². The van der Waals surface area contributed by atoms with Crippen molar-refractivity contribution in [2.24, 2.45) is 0 Å². The summed E-state index contributed by atoms with van der Waals surface area (Å²) < 4.78 is 0. The maximum Gasteiger partial charge on any atom is 0.0825 e. The molecule has 0 aliphatic carbocycles. The van der Waals surface area contributed by atoms with Crippen LogP contribution in [0.15, 0.2) is 24.3 Å². The van der Waals surface area contributed by atoms with Crippen LogP contribution in [0.1, 0.15) is 18.4 Å². The summed E-state index contributed by atoms with van der Waals surface area (Å²) >= 11 is 11.6. The first-order chi connectivity index (χ1) is 6.72. The van der Waals surface area contributed by atoms with Crippen molar-refractivity contribution in [3.8, 4) is 0 Å². The molecule has 1 radical (unpaired) electrons. The quantitative estimate of drug-likeness (QED) is 0.690. The molecule has 0 aliphatic heterocycles. The highest BCUT2D eigenvalue weighted by molar-refractivity contribution is 6.34. The third-order valence-electron chi connectivity index (χ3n) is 1.71. The van der Waals surface area contributed by atoms with Crippen molar-refractivity contribution in [1.29, 1.82) is 0 Å². The second-order valence-corrected chi connectivity index (χ2v) is 3.82. The van der Waals surface area contributed by atoms with E-state index in [1.165, 1.54) is 0 Å². The summed E-state index contributed by atoms with van der Waals surface area (Å²) in [5, 5.41) is 11.4. The topological polar surface area (TPSA) is 19.9 Å². The molecule has 75 valence electrons. The summed E-state index contributed by atoms with van der Waals surface area (Å²) in [5.41, 5.74) is 0.966. The SMILES string of the molecule is [O]CCCC=Cc1cc(Cl)cc(Cl)c1. The van der Waals surface area contributed by atoms with Gasteiger partial charge in [-0.05, 0) is 36.6 Å². The van der Waals surface area contributed by atoms with E-state index < -0.39 is 0 Å². The van der Waals surface area contributed by atoms with Crippen LogP contribution in [-0.4, -0.2) is 6.61 Å². The number of hydrogen-bond donors (Lipinski definition) is 0. The number of unbranched alkanes of at least 4 members (excludes halogenated alkanes) is 1. The summed E-state index contributed by atoms with van der Waals surface area (Å²) in [6.07, 6.45) is 5.35. The number of halogens is 2. The van der Waals surface area contributed by atoms with E-state index in [2.05, 4.69) is 0 Å². The summed E-state index contributed by atoms with van der Waals surface area (Å²) in [4.78, 5) is 0. The van der Waals surface area contributed by atoms with E-state index in [1.54, 1.807) is 6.07 Å². The molecule has 0 bridgehead atoms. The molecule has 0 unspecified atom stereocenters. The van der Waals surface area contributed by atoms with E-state index in [4.69, 9.17) is 23.2 Å². The molecule has 1 nitrogen and oxygen atoms in total. The van der Waals surface area contributed by atoms with Crippen LogP contribution in [0.4, 0.5) is 0 Å². The molecule has 0 heterocycles. The maximum atomic E-state index is 10.2. The number of allylic oxidation sites excluding steroid dienone is 1. The van der Waals surface area contributed by atoms with Gasteiger partial charge in [-0.25, -0.2) is 5.11 Å². The molecule has 0 aromatic heterocycles. The van der Waals surface area contributed by atoms with Crippen LogP contribution in [0, 0.1) is 0 Å². The lowest BCUT2D eigenvalue weighted by molar-refractivity contribution is 0.190. The van der Waals surface area contributed by atoms with Gasteiger partial charge in [-0.3, -0.25) is 0 Å². The minimum atomic E-state index is -0.0271. The molecule has 3 heteroatoms. The normalized spacial score (nSPS) is 11.1. The molecule has 0 saturated carbocycles. The lowest BCUT2D eigenvalue weighted by Gasteiger charge is -1.96. The highest BCUT2D eigenvalue weighted by Gasteiger charge is 1.94. The lowest BCUT2D eigenvalue weighted by atomic mass is 10.2. The number of hydrogen-bond acceptors (Lipinski definition) is 0. The minimum absolute atomic E-state index is 0.0271. The van der Waals surface area contributed by atoms with Crippen molar-refractivity contribution < 1.29 is 5.11 Å². The fourth-order valence-electron chi connectivity index (χ4n) is 1.09. The lowest BCUT2D eigenvalue weighted by Crippen LogP contribution is -1.77. The predicted octanol–water partition coefficient (Wildman–Crippen LogP) is 4.22. The van der Waals surface area contributed by atoms with Gasteiger partial charge in [-0.15, -0.1) is 0 Å². The molecule has 0 amide bonds. The summed E-state index contributed by atoms with van der Waals surface area (Å²) in [6.45, 7) is -0.0271. The molecule has 0 aliphatic rings. The Morgan fingerprint density at radius 1 is 1.14 bits per heavy atom. The first-order valence-corrected chi connectivity index (χ1v) is 5.18. The fraction of sp³-hybridized carbons (Fsp3) is 0.273.